The van der Waals surface area contributed by atoms with Crippen LogP contribution in [0.1, 0.15) is 50.6 Å². The Morgan fingerprint density at radius 3 is 2.41 bits per heavy atom. The minimum atomic E-state index is -0.707. The molecule has 0 atom stereocenters. The number of para-hydroxylation sites is 1. The van der Waals surface area contributed by atoms with E-state index in [1.807, 2.05) is 26.0 Å². The second-order valence-corrected chi connectivity index (χ2v) is 11.9. The molecule has 1 heterocycles. The summed E-state index contributed by atoms with van der Waals surface area (Å²) < 4.78 is 49.5. The molecule has 8 nitrogen and oxygen atoms in total. The lowest BCUT2D eigenvalue weighted by Gasteiger charge is -2.15. The lowest BCUT2D eigenvalue weighted by Crippen LogP contribution is -2.11. The summed E-state index contributed by atoms with van der Waals surface area (Å²) in [6.07, 6.45) is 0. The third kappa shape index (κ3) is 9.25. The number of nitrogens with zero attached hydrogens (tertiary/aromatic N) is 1. The second-order valence-electron chi connectivity index (χ2n) is 10.1. The number of fused-ring (bicyclic) bond motifs is 1. The number of anilines is 2. The van der Waals surface area contributed by atoms with Gasteiger partial charge in [0.2, 0.25) is 0 Å². The Hall–Kier alpha value is -4.73. The van der Waals surface area contributed by atoms with Crippen molar-refractivity contribution in [3.63, 3.8) is 0 Å². The van der Waals surface area contributed by atoms with Gasteiger partial charge < -0.3 is 24.3 Å². The summed E-state index contributed by atoms with van der Waals surface area (Å²) in [5.41, 5.74) is 2.84. The number of carbonyl (C=O) groups excluding carboxylic acids is 2. The fourth-order valence-electron chi connectivity index (χ4n) is 4.44. The molecule has 0 radical (unpaired) electrons. The minimum Gasteiger partial charge on any atom is -0.486 e. The first-order valence-electron chi connectivity index (χ1n) is 14.8. The number of ether oxygens (including phenoxy) is 4. The molecule has 0 aliphatic carbocycles. The van der Waals surface area contributed by atoms with Crippen molar-refractivity contribution in [1.29, 1.82) is 5.26 Å². The fraction of sp³-hybridized carbons (Fsp3) is 0.194. The van der Waals surface area contributed by atoms with Gasteiger partial charge >= 0.3 is 11.9 Å². The van der Waals surface area contributed by atoms with E-state index in [1.165, 1.54) is 18.2 Å². The van der Waals surface area contributed by atoms with Crippen molar-refractivity contribution in [1.82, 2.24) is 0 Å². The molecule has 0 amide bonds. The van der Waals surface area contributed by atoms with Crippen LogP contribution in [0, 0.1) is 29.9 Å². The molecule has 49 heavy (non-hydrogen) atoms. The van der Waals surface area contributed by atoms with Crippen LogP contribution in [0.15, 0.2) is 72.8 Å². The van der Waals surface area contributed by atoms with Crippen LogP contribution in [0.5, 0.6) is 5.75 Å². The van der Waals surface area contributed by atoms with Crippen LogP contribution < -0.4 is 10.1 Å². The largest absolute Gasteiger partial charge is 0.486 e. The van der Waals surface area contributed by atoms with E-state index >= 15 is 0 Å². The van der Waals surface area contributed by atoms with Crippen molar-refractivity contribution in [2.75, 3.05) is 25.3 Å². The van der Waals surface area contributed by atoms with Gasteiger partial charge in [-0.3, -0.25) is 0 Å². The molecule has 0 aliphatic heterocycles. The molecule has 254 valence electrons. The number of hydrogen-bond acceptors (Lipinski definition) is 9. The molecular weight excluding hydrogens is 697 g/mol. The first-order chi connectivity index (χ1) is 23.6. The number of halogens is 4. The zero-order valence-electron chi connectivity index (χ0n) is 26.6. The molecular formula is C36H30Cl2F2N2O6S. The van der Waals surface area contributed by atoms with Gasteiger partial charge in [0.05, 0.1) is 45.2 Å². The zero-order chi connectivity index (χ0) is 35.5. The van der Waals surface area contributed by atoms with Gasteiger partial charge in [-0.15, -0.1) is 11.3 Å². The van der Waals surface area contributed by atoms with E-state index in [-0.39, 0.29) is 41.6 Å². The van der Waals surface area contributed by atoms with Crippen LogP contribution in [0.4, 0.5) is 20.2 Å². The first kappa shape index (κ1) is 37.1. The Kier molecular flexibility index (Phi) is 13.3. The Balaban J connectivity index is 0.000000223. The molecule has 0 unspecified atom stereocenters. The molecule has 13 heteroatoms. The van der Waals surface area contributed by atoms with Gasteiger partial charge in [-0.25, -0.2) is 18.4 Å². The third-order valence-corrected chi connectivity index (χ3v) is 8.80. The average molecular weight is 728 g/mol. The van der Waals surface area contributed by atoms with E-state index in [0.717, 1.165) is 23.0 Å². The number of nitriles is 1. The third-order valence-electron chi connectivity index (χ3n) is 6.83. The minimum absolute atomic E-state index is 0.0877. The first-order valence-corrected chi connectivity index (χ1v) is 16.4. The predicted molar refractivity (Wildman–Crippen MR) is 186 cm³/mol. The smallest absolute Gasteiger partial charge is 0.348 e. The van der Waals surface area contributed by atoms with Crippen molar-refractivity contribution < 1.29 is 37.3 Å². The number of benzene rings is 4. The van der Waals surface area contributed by atoms with Crippen LogP contribution in [0.2, 0.25) is 10.0 Å². The molecule has 1 N–H and O–H groups in total. The van der Waals surface area contributed by atoms with E-state index < -0.39 is 23.6 Å². The topological polar surface area (TPSA) is 107 Å². The van der Waals surface area contributed by atoms with E-state index in [1.54, 1.807) is 49.4 Å². The van der Waals surface area contributed by atoms with Gasteiger partial charge in [-0.2, -0.15) is 5.26 Å². The van der Waals surface area contributed by atoms with Gasteiger partial charge in [0.1, 0.15) is 17.3 Å². The molecule has 0 spiro atoms. The highest BCUT2D eigenvalue weighted by molar-refractivity contribution is 7.21. The van der Waals surface area contributed by atoms with Gasteiger partial charge in [-0.1, -0.05) is 47.5 Å². The molecule has 0 saturated heterocycles. The van der Waals surface area contributed by atoms with Gasteiger partial charge in [0.15, 0.2) is 18.4 Å². The Bertz CT molecular complexity index is 2010. The molecule has 5 rings (SSSR count). The lowest BCUT2D eigenvalue weighted by molar-refractivity contribution is -0.0273. The molecule has 4 aromatic carbocycles. The highest BCUT2D eigenvalue weighted by Gasteiger charge is 2.23. The zero-order valence-corrected chi connectivity index (χ0v) is 28.9. The van der Waals surface area contributed by atoms with Crippen molar-refractivity contribution in [3.8, 4) is 11.8 Å². The van der Waals surface area contributed by atoms with Crippen LogP contribution in [-0.4, -0.2) is 31.9 Å². The highest BCUT2D eigenvalue weighted by Crippen LogP contribution is 2.37. The number of rotatable bonds is 11. The van der Waals surface area contributed by atoms with Crippen LogP contribution >= 0.6 is 34.5 Å². The summed E-state index contributed by atoms with van der Waals surface area (Å²) in [5, 5.41) is 13.1. The highest BCUT2D eigenvalue weighted by atomic mass is 35.5. The fourth-order valence-corrected chi connectivity index (χ4v) is 6.02. The summed E-state index contributed by atoms with van der Waals surface area (Å²) in [6.45, 7) is 5.74. The van der Waals surface area contributed by atoms with E-state index in [4.69, 9.17) is 47.4 Å². The molecule has 0 aliphatic rings. The molecule has 5 aromatic rings. The predicted octanol–water partition coefficient (Wildman–Crippen LogP) is 10.0. The lowest BCUT2D eigenvalue weighted by atomic mass is 10.1. The second kappa shape index (κ2) is 17.6. The summed E-state index contributed by atoms with van der Waals surface area (Å²) in [6, 6.07) is 20.7. The number of carbonyl (C=O) groups is 2. The summed E-state index contributed by atoms with van der Waals surface area (Å²) in [4.78, 5) is 24.6. The van der Waals surface area contributed by atoms with Crippen LogP contribution in [0.25, 0.3) is 10.1 Å². The summed E-state index contributed by atoms with van der Waals surface area (Å²) >= 11 is 13.6. The maximum Gasteiger partial charge on any atom is 0.348 e. The SMILES string of the molecule is CCOC(=O)c1sc2cccc(F)c2c1COc1ccc(C#N)cc1F.CCOCOC(=O)c1ccccc1Nc1c(Cl)ccc(C)c1Cl. The number of hydrogen-bond donors (Lipinski definition) is 1. The molecule has 1 aromatic heterocycles. The van der Waals surface area contributed by atoms with E-state index in [0.29, 0.717) is 43.9 Å². The van der Waals surface area contributed by atoms with Crippen molar-refractivity contribution >= 4 is 67.9 Å². The van der Waals surface area contributed by atoms with E-state index in [9.17, 15) is 18.4 Å². The Labute approximate surface area is 295 Å². The maximum absolute atomic E-state index is 14.3. The monoisotopic (exact) mass is 726 g/mol. The number of nitrogens with one attached hydrogen (secondary N) is 1. The summed E-state index contributed by atoms with van der Waals surface area (Å²) in [5.74, 6) is -2.35. The number of aryl methyl sites for hydroxylation is 1. The molecule has 0 bridgehead atoms. The maximum atomic E-state index is 14.3. The standard InChI is InChI=1S/C19H13F2NO3S.C17H17Cl2NO3/c1-2-24-19(23)18-12(17-13(20)4-3-5-16(17)26-18)10-25-15-7-6-11(9-22)8-14(15)21;1-3-22-10-23-17(21)12-6-4-5-7-14(12)20-16-13(18)9-8-11(2)15(16)19/h3-8H,2,10H2,1H3;4-9,20H,3,10H2,1-2H3. The van der Waals surface area contributed by atoms with Crippen LogP contribution in [0.3, 0.4) is 0 Å². The number of thiophene rings is 1. The van der Waals surface area contributed by atoms with Crippen molar-refractivity contribution in [2.24, 2.45) is 0 Å². The van der Waals surface area contributed by atoms with Gasteiger partial charge in [-0.05, 0) is 74.9 Å². The average Bonchev–Trinajstić information content (AvgIpc) is 3.48. The molecule has 0 fully saturated rings. The Morgan fingerprint density at radius 1 is 0.918 bits per heavy atom. The van der Waals surface area contributed by atoms with Gasteiger partial charge in [0.25, 0.3) is 0 Å². The normalized spacial score (nSPS) is 10.5. The molecule has 0 saturated carbocycles. The number of esters is 2. The summed E-state index contributed by atoms with van der Waals surface area (Å²) in [7, 11) is 0. The van der Waals surface area contributed by atoms with Crippen molar-refractivity contribution in [2.45, 2.75) is 27.4 Å². The van der Waals surface area contributed by atoms with Crippen LogP contribution in [-0.2, 0) is 20.8 Å². The van der Waals surface area contributed by atoms with Crippen molar-refractivity contribution in [3.05, 3.63) is 122 Å². The van der Waals surface area contributed by atoms with Gasteiger partial charge in [0, 0.05) is 22.3 Å². The Morgan fingerprint density at radius 2 is 1.69 bits per heavy atom. The van der Waals surface area contributed by atoms with E-state index in [2.05, 4.69) is 5.32 Å². The quantitative estimate of drug-likeness (QED) is 0.0814.